The molecule has 0 aliphatic rings. The van der Waals surface area contributed by atoms with E-state index in [0.717, 1.165) is 23.0 Å². The van der Waals surface area contributed by atoms with E-state index < -0.39 is 11.6 Å². The summed E-state index contributed by atoms with van der Waals surface area (Å²) in [5.41, 5.74) is 1.39. The van der Waals surface area contributed by atoms with E-state index in [4.69, 9.17) is 4.74 Å². The van der Waals surface area contributed by atoms with Gasteiger partial charge in [0.2, 0.25) is 0 Å². The molecule has 0 fully saturated rings. The lowest BCUT2D eigenvalue weighted by Crippen LogP contribution is -2.30. The van der Waals surface area contributed by atoms with Crippen molar-refractivity contribution in [3.63, 3.8) is 0 Å². The predicted molar refractivity (Wildman–Crippen MR) is 114 cm³/mol. The van der Waals surface area contributed by atoms with Crippen LogP contribution in [0.1, 0.15) is 22.8 Å². The second kappa shape index (κ2) is 8.59. The molecule has 0 aliphatic carbocycles. The van der Waals surface area contributed by atoms with Gasteiger partial charge < -0.3 is 4.74 Å². The summed E-state index contributed by atoms with van der Waals surface area (Å²) in [7, 11) is 0. The van der Waals surface area contributed by atoms with Crippen LogP contribution in [0.4, 0.5) is 13.9 Å². The molecule has 0 saturated heterocycles. The van der Waals surface area contributed by atoms with E-state index in [0.29, 0.717) is 27.8 Å². The van der Waals surface area contributed by atoms with Gasteiger partial charge in [0, 0.05) is 11.6 Å². The maximum Gasteiger partial charge on any atom is 0.260 e. The van der Waals surface area contributed by atoms with Crippen LogP contribution >= 0.6 is 11.3 Å². The summed E-state index contributed by atoms with van der Waals surface area (Å²) in [5, 5.41) is 0.303. The number of aromatic nitrogens is 1. The first-order valence-electron chi connectivity index (χ1n) is 9.39. The lowest BCUT2D eigenvalue weighted by Gasteiger charge is -2.20. The van der Waals surface area contributed by atoms with Gasteiger partial charge in [-0.25, -0.2) is 13.8 Å². The molecule has 1 heterocycles. The van der Waals surface area contributed by atoms with Crippen molar-refractivity contribution in [1.82, 2.24) is 4.98 Å². The molecule has 0 unspecified atom stereocenters. The average Bonchev–Trinajstić information content (AvgIpc) is 3.17. The standard InChI is InChI=1S/C23H18F2N2O2S/c1-2-29-18-10-8-16(9-11-18)22(28)27(14-15-6-4-3-5-7-15)23-26-21-19(25)12-17(24)13-20(21)30-23/h3-13H,2,14H2,1H3. The highest BCUT2D eigenvalue weighted by molar-refractivity contribution is 7.22. The fourth-order valence-electron chi connectivity index (χ4n) is 3.07. The van der Waals surface area contributed by atoms with E-state index in [2.05, 4.69) is 4.98 Å². The Balaban J connectivity index is 1.74. The van der Waals surface area contributed by atoms with Crippen LogP contribution in [0.5, 0.6) is 5.75 Å². The minimum absolute atomic E-state index is 0.0500. The summed E-state index contributed by atoms with van der Waals surface area (Å²) >= 11 is 1.08. The molecule has 4 aromatic rings. The van der Waals surface area contributed by atoms with Crippen molar-refractivity contribution in [2.45, 2.75) is 13.5 Å². The number of hydrogen-bond acceptors (Lipinski definition) is 4. The highest BCUT2D eigenvalue weighted by Gasteiger charge is 2.23. The molecule has 1 aromatic heterocycles. The first-order valence-corrected chi connectivity index (χ1v) is 10.2. The molecule has 0 spiro atoms. The second-order valence-corrected chi connectivity index (χ2v) is 7.57. The van der Waals surface area contributed by atoms with E-state index >= 15 is 0 Å². The van der Waals surface area contributed by atoms with Crippen LogP contribution in [-0.4, -0.2) is 17.5 Å². The Kier molecular flexibility index (Phi) is 5.72. The van der Waals surface area contributed by atoms with Gasteiger partial charge in [-0.3, -0.25) is 9.69 Å². The number of hydrogen-bond donors (Lipinski definition) is 0. The third-order valence-electron chi connectivity index (χ3n) is 4.47. The topological polar surface area (TPSA) is 42.4 Å². The van der Waals surface area contributed by atoms with Gasteiger partial charge in [-0.05, 0) is 42.8 Å². The largest absolute Gasteiger partial charge is 0.494 e. The van der Waals surface area contributed by atoms with Crippen molar-refractivity contribution in [2.75, 3.05) is 11.5 Å². The molecule has 4 nitrogen and oxygen atoms in total. The minimum Gasteiger partial charge on any atom is -0.494 e. The van der Waals surface area contributed by atoms with Gasteiger partial charge in [0.05, 0.1) is 17.9 Å². The van der Waals surface area contributed by atoms with Crippen molar-refractivity contribution in [1.29, 1.82) is 0 Å². The molecule has 4 rings (SSSR count). The van der Waals surface area contributed by atoms with Gasteiger partial charge in [0.25, 0.3) is 5.91 Å². The Morgan fingerprint density at radius 3 is 2.50 bits per heavy atom. The summed E-state index contributed by atoms with van der Waals surface area (Å²) in [6.45, 7) is 2.66. The van der Waals surface area contributed by atoms with Crippen molar-refractivity contribution in [2.24, 2.45) is 0 Å². The number of thiazole rings is 1. The normalized spacial score (nSPS) is 10.9. The highest BCUT2D eigenvalue weighted by atomic mass is 32.1. The van der Waals surface area contributed by atoms with E-state index in [9.17, 15) is 13.6 Å². The van der Waals surface area contributed by atoms with E-state index in [1.54, 1.807) is 24.3 Å². The number of rotatable bonds is 6. The van der Waals surface area contributed by atoms with Gasteiger partial charge in [-0.2, -0.15) is 0 Å². The average molecular weight is 424 g/mol. The fraction of sp³-hybridized carbons (Fsp3) is 0.130. The third-order valence-corrected chi connectivity index (χ3v) is 5.50. The van der Waals surface area contributed by atoms with Crippen LogP contribution in [-0.2, 0) is 6.54 Å². The van der Waals surface area contributed by atoms with Crippen LogP contribution in [0.25, 0.3) is 10.2 Å². The van der Waals surface area contributed by atoms with E-state index in [1.165, 1.54) is 11.0 Å². The molecule has 0 bridgehead atoms. The number of nitrogens with zero attached hydrogens (tertiary/aromatic N) is 2. The summed E-state index contributed by atoms with van der Waals surface area (Å²) in [5.74, 6) is -1.05. The van der Waals surface area contributed by atoms with Crippen LogP contribution in [0.15, 0.2) is 66.7 Å². The van der Waals surface area contributed by atoms with Crippen LogP contribution < -0.4 is 9.64 Å². The first kappa shape index (κ1) is 20.0. The second-order valence-electron chi connectivity index (χ2n) is 6.57. The van der Waals surface area contributed by atoms with Gasteiger partial charge >= 0.3 is 0 Å². The number of ether oxygens (including phenoxy) is 1. The van der Waals surface area contributed by atoms with E-state index in [-0.39, 0.29) is 18.0 Å². The van der Waals surface area contributed by atoms with Crippen LogP contribution in [0.2, 0.25) is 0 Å². The molecule has 0 atom stereocenters. The molecular formula is C23H18F2N2O2S. The number of carbonyl (C=O) groups excluding carboxylic acids is 1. The summed E-state index contributed by atoms with van der Waals surface area (Å²) in [6.07, 6.45) is 0. The lowest BCUT2D eigenvalue weighted by atomic mass is 10.1. The minimum atomic E-state index is -0.749. The number of benzene rings is 3. The molecule has 1 amide bonds. The molecule has 7 heteroatoms. The zero-order chi connectivity index (χ0) is 21.1. The predicted octanol–water partition coefficient (Wildman–Crippen LogP) is 5.82. The quantitative estimate of drug-likeness (QED) is 0.392. The third kappa shape index (κ3) is 4.16. The van der Waals surface area contributed by atoms with Crippen molar-refractivity contribution in [3.8, 4) is 5.75 Å². The van der Waals surface area contributed by atoms with Crippen LogP contribution in [0, 0.1) is 11.6 Å². The van der Waals surface area contributed by atoms with Gasteiger partial charge in [-0.15, -0.1) is 0 Å². The number of carbonyl (C=O) groups is 1. The molecular weight excluding hydrogens is 406 g/mol. The summed E-state index contributed by atoms with van der Waals surface area (Å²) < 4.78 is 33.6. The van der Waals surface area contributed by atoms with Crippen LogP contribution in [0.3, 0.4) is 0 Å². The molecule has 0 N–H and O–H groups in total. The Labute approximate surface area is 176 Å². The molecule has 0 aliphatic heterocycles. The van der Waals surface area contributed by atoms with Crippen molar-refractivity contribution >= 4 is 32.6 Å². The first-order chi connectivity index (χ1) is 14.5. The van der Waals surface area contributed by atoms with Crippen molar-refractivity contribution < 1.29 is 18.3 Å². The number of amides is 1. The molecule has 30 heavy (non-hydrogen) atoms. The molecule has 0 saturated carbocycles. The summed E-state index contributed by atoms with van der Waals surface area (Å²) in [6, 6.07) is 18.3. The van der Waals surface area contributed by atoms with Gasteiger partial charge in [-0.1, -0.05) is 41.7 Å². The van der Waals surface area contributed by atoms with Crippen molar-refractivity contribution in [3.05, 3.63) is 89.5 Å². The SMILES string of the molecule is CCOc1ccc(C(=O)N(Cc2ccccc2)c2nc3c(F)cc(F)cc3s2)cc1. The summed E-state index contributed by atoms with van der Waals surface area (Å²) in [4.78, 5) is 19.1. The molecule has 0 radical (unpaired) electrons. The fourth-order valence-corrected chi connectivity index (χ4v) is 4.07. The molecule has 152 valence electrons. The Morgan fingerprint density at radius 1 is 1.07 bits per heavy atom. The zero-order valence-corrected chi connectivity index (χ0v) is 17.0. The van der Waals surface area contributed by atoms with Gasteiger partial charge in [0.15, 0.2) is 10.9 Å². The Morgan fingerprint density at radius 2 is 1.80 bits per heavy atom. The van der Waals surface area contributed by atoms with E-state index in [1.807, 2.05) is 37.3 Å². The number of fused-ring (bicyclic) bond motifs is 1. The highest BCUT2D eigenvalue weighted by Crippen LogP contribution is 2.33. The Hall–Kier alpha value is -3.32. The smallest absolute Gasteiger partial charge is 0.260 e. The maximum absolute atomic E-state index is 14.2. The number of halogens is 2. The number of anilines is 1. The Bertz CT molecular complexity index is 1180. The monoisotopic (exact) mass is 424 g/mol. The lowest BCUT2D eigenvalue weighted by molar-refractivity contribution is 0.0985. The van der Waals surface area contributed by atoms with Gasteiger partial charge in [0.1, 0.15) is 17.1 Å². The molecule has 3 aromatic carbocycles. The zero-order valence-electron chi connectivity index (χ0n) is 16.1. The maximum atomic E-state index is 14.2.